The highest BCUT2D eigenvalue weighted by Gasteiger charge is 2.29. The number of hydrogen-bond donors (Lipinski definition) is 2. The van der Waals surface area contributed by atoms with Gasteiger partial charge in [0.25, 0.3) is 0 Å². The molecule has 2 aliphatic rings. The van der Waals surface area contributed by atoms with Crippen molar-refractivity contribution < 1.29 is 0 Å². The molecule has 0 spiro atoms. The molecule has 4 heteroatoms. The fourth-order valence-corrected chi connectivity index (χ4v) is 2.75. The molecule has 0 bridgehead atoms. The minimum Gasteiger partial charge on any atom is -0.388 e. The summed E-state index contributed by atoms with van der Waals surface area (Å²) in [6, 6.07) is 0.816. The first-order valence-electron chi connectivity index (χ1n) is 6.05. The van der Waals surface area contributed by atoms with E-state index in [4.69, 9.17) is 11.1 Å². The minimum absolute atomic E-state index is 0.328. The number of amidine groups is 1. The Labute approximate surface area is 91.9 Å². The van der Waals surface area contributed by atoms with Gasteiger partial charge in [0.1, 0.15) is 0 Å². The van der Waals surface area contributed by atoms with Crippen LogP contribution in [0, 0.1) is 5.41 Å². The van der Waals surface area contributed by atoms with E-state index in [1.807, 2.05) is 0 Å². The summed E-state index contributed by atoms with van der Waals surface area (Å²) in [4.78, 5) is 5.16. The monoisotopic (exact) mass is 210 g/mol. The van der Waals surface area contributed by atoms with E-state index in [0.717, 1.165) is 25.4 Å². The third kappa shape index (κ3) is 2.92. The Morgan fingerprint density at radius 2 is 2.20 bits per heavy atom. The zero-order valence-electron chi connectivity index (χ0n) is 9.41. The van der Waals surface area contributed by atoms with Crippen molar-refractivity contribution in [2.75, 3.05) is 32.7 Å². The van der Waals surface area contributed by atoms with E-state index in [1.165, 1.54) is 39.0 Å². The largest absolute Gasteiger partial charge is 0.388 e. The lowest BCUT2D eigenvalue weighted by atomic mass is 10.1. The van der Waals surface area contributed by atoms with Crippen LogP contribution in [-0.2, 0) is 0 Å². The van der Waals surface area contributed by atoms with Crippen LogP contribution < -0.4 is 5.73 Å². The average molecular weight is 210 g/mol. The maximum Gasteiger partial charge on any atom is 0.0905 e. The number of nitrogens with one attached hydrogen (secondary N) is 1. The highest BCUT2D eigenvalue weighted by molar-refractivity contribution is 5.76. The van der Waals surface area contributed by atoms with Gasteiger partial charge >= 0.3 is 0 Å². The second kappa shape index (κ2) is 4.94. The Morgan fingerprint density at radius 3 is 3.00 bits per heavy atom. The van der Waals surface area contributed by atoms with Crippen LogP contribution >= 0.6 is 0 Å². The second-order valence-corrected chi connectivity index (χ2v) is 4.76. The van der Waals surface area contributed by atoms with Crippen LogP contribution in [0.2, 0.25) is 0 Å². The number of hydrogen-bond acceptors (Lipinski definition) is 3. The molecule has 2 aliphatic heterocycles. The van der Waals surface area contributed by atoms with Crippen molar-refractivity contribution in [2.24, 2.45) is 5.73 Å². The zero-order valence-corrected chi connectivity index (χ0v) is 9.41. The summed E-state index contributed by atoms with van der Waals surface area (Å²) in [5.41, 5.74) is 5.35. The van der Waals surface area contributed by atoms with Gasteiger partial charge in [-0.15, -0.1) is 0 Å². The van der Waals surface area contributed by atoms with Crippen molar-refractivity contribution in [2.45, 2.75) is 31.7 Å². The van der Waals surface area contributed by atoms with Crippen molar-refractivity contribution in [1.82, 2.24) is 9.80 Å². The Balaban J connectivity index is 1.68. The van der Waals surface area contributed by atoms with Gasteiger partial charge in [-0.3, -0.25) is 10.3 Å². The molecule has 0 aromatic heterocycles. The molecule has 0 radical (unpaired) electrons. The summed E-state index contributed by atoms with van der Waals surface area (Å²) in [7, 11) is 0. The lowest BCUT2D eigenvalue weighted by Crippen LogP contribution is -2.50. The zero-order chi connectivity index (χ0) is 10.7. The van der Waals surface area contributed by atoms with E-state index in [0.29, 0.717) is 5.84 Å². The van der Waals surface area contributed by atoms with E-state index in [1.54, 1.807) is 0 Å². The molecule has 3 N–H and O–H groups in total. The third-order valence-electron chi connectivity index (χ3n) is 3.59. The molecule has 2 saturated heterocycles. The molecule has 86 valence electrons. The summed E-state index contributed by atoms with van der Waals surface area (Å²) < 4.78 is 0. The van der Waals surface area contributed by atoms with Crippen molar-refractivity contribution in [1.29, 1.82) is 5.41 Å². The average Bonchev–Trinajstić information content (AvgIpc) is 2.64. The first-order chi connectivity index (χ1) is 7.25. The van der Waals surface area contributed by atoms with Gasteiger partial charge < -0.3 is 10.6 Å². The van der Waals surface area contributed by atoms with E-state index in [9.17, 15) is 0 Å². The van der Waals surface area contributed by atoms with Gasteiger partial charge in [0.15, 0.2) is 0 Å². The van der Waals surface area contributed by atoms with Gasteiger partial charge in [-0.2, -0.15) is 0 Å². The quantitative estimate of drug-likeness (QED) is 0.524. The fourth-order valence-electron chi connectivity index (χ4n) is 2.75. The number of nitrogens with zero attached hydrogens (tertiary/aromatic N) is 2. The van der Waals surface area contributed by atoms with Crippen LogP contribution in [0.4, 0.5) is 0 Å². The highest BCUT2D eigenvalue weighted by atomic mass is 15.3. The van der Waals surface area contributed by atoms with E-state index in [2.05, 4.69) is 9.80 Å². The maximum atomic E-state index is 7.18. The molecule has 2 heterocycles. The molecule has 0 aromatic rings. The van der Waals surface area contributed by atoms with Gasteiger partial charge in [0.05, 0.1) is 5.84 Å². The molecule has 0 aliphatic carbocycles. The van der Waals surface area contributed by atoms with Gasteiger partial charge in [-0.25, -0.2) is 0 Å². The molecule has 0 saturated carbocycles. The number of piperazine rings is 1. The summed E-state index contributed by atoms with van der Waals surface area (Å²) >= 11 is 0. The summed E-state index contributed by atoms with van der Waals surface area (Å²) in [6.07, 6.45) is 4.56. The Morgan fingerprint density at radius 1 is 1.33 bits per heavy atom. The standard InChI is InChI=1S/C11H22N4/c12-11(13)4-2-5-14-7-8-15-6-1-3-10(15)9-14/h10H,1-9H2,(H3,12,13). The predicted molar refractivity (Wildman–Crippen MR) is 62.2 cm³/mol. The summed E-state index contributed by atoms with van der Waals surface area (Å²) in [5.74, 6) is 0.328. The maximum absolute atomic E-state index is 7.18. The normalized spacial score (nSPS) is 27.9. The lowest BCUT2D eigenvalue weighted by Gasteiger charge is -2.37. The first kappa shape index (κ1) is 10.9. The van der Waals surface area contributed by atoms with Crippen LogP contribution in [0.3, 0.4) is 0 Å². The van der Waals surface area contributed by atoms with Gasteiger partial charge in [0.2, 0.25) is 0 Å². The highest BCUT2D eigenvalue weighted by Crippen LogP contribution is 2.21. The third-order valence-corrected chi connectivity index (χ3v) is 3.59. The van der Waals surface area contributed by atoms with Crippen LogP contribution in [-0.4, -0.2) is 54.4 Å². The molecule has 15 heavy (non-hydrogen) atoms. The summed E-state index contributed by atoms with van der Waals surface area (Å²) in [5, 5.41) is 7.18. The SMILES string of the molecule is N=C(N)CCCN1CCN2CCCC2C1. The van der Waals surface area contributed by atoms with Crippen LogP contribution in [0.1, 0.15) is 25.7 Å². The second-order valence-electron chi connectivity index (χ2n) is 4.76. The van der Waals surface area contributed by atoms with Crippen LogP contribution in [0.15, 0.2) is 0 Å². The first-order valence-corrected chi connectivity index (χ1v) is 6.05. The Bertz CT molecular complexity index is 229. The van der Waals surface area contributed by atoms with Crippen molar-refractivity contribution in [3.63, 3.8) is 0 Å². The smallest absolute Gasteiger partial charge is 0.0905 e. The van der Waals surface area contributed by atoms with E-state index >= 15 is 0 Å². The molecule has 0 amide bonds. The number of rotatable bonds is 4. The molecule has 1 atom stereocenters. The topological polar surface area (TPSA) is 56.4 Å². The fraction of sp³-hybridized carbons (Fsp3) is 0.909. The van der Waals surface area contributed by atoms with Gasteiger partial charge in [0, 0.05) is 32.1 Å². The lowest BCUT2D eigenvalue weighted by molar-refractivity contribution is 0.104. The minimum atomic E-state index is 0.328. The molecule has 0 aromatic carbocycles. The van der Waals surface area contributed by atoms with Crippen molar-refractivity contribution >= 4 is 5.84 Å². The van der Waals surface area contributed by atoms with E-state index in [-0.39, 0.29) is 0 Å². The van der Waals surface area contributed by atoms with Crippen LogP contribution in [0.25, 0.3) is 0 Å². The molecular weight excluding hydrogens is 188 g/mol. The van der Waals surface area contributed by atoms with Crippen LogP contribution in [0.5, 0.6) is 0 Å². The van der Waals surface area contributed by atoms with Gasteiger partial charge in [-0.05, 0) is 32.4 Å². The van der Waals surface area contributed by atoms with Crippen molar-refractivity contribution in [3.05, 3.63) is 0 Å². The molecule has 2 fully saturated rings. The Hall–Kier alpha value is -0.610. The van der Waals surface area contributed by atoms with E-state index < -0.39 is 0 Å². The van der Waals surface area contributed by atoms with Gasteiger partial charge in [-0.1, -0.05) is 0 Å². The summed E-state index contributed by atoms with van der Waals surface area (Å²) in [6.45, 7) is 6.10. The molecule has 2 rings (SSSR count). The number of nitrogens with two attached hydrogens (primary N) is 1. The Kier molecular flexibility index (Phi) is 3.59. The molecular formula is C11H22N4. The predicted octanol–water partition coefficient (Wildman–Crippen LogP) is 0.483. The molecule has 4 nitrogen and oxygen atoms in total. The van der Waals surface area contributed by atoms with Crippen molar-refractivity contribution in [3.8, 4) is 0 Å². The molecule has 1 unspecified atom stereocenters. The number of fused-ring (bicyclic) bond motifs is 1.